The first-order valence-corrected chi connectivity index (χ1v) is 4.77. The third-order valence-corrected chi connectivity index (χ3v) is 2.67. The highest BCUT2D eigenvalue weighted by Crippen LogP contribution is 2.41. The van der Waals surface area contributed by atoms with E-state index in [2.05, 4.69) is 10.4 Å². The van der Waals surface area contributed by atoms with Crippen molar-refractivity contribution in [3.8, 4) is 0 Å². The summed E-state index contributed by atoms with van der Waals surface area (Å²) in [4.78, 5) is 4.24. The lowest BCUT2D eigenvalue weighted by atomic mass is 10.1. The lowest BCUT2D eigenvalue weighted by molar-refractivity contribution is 0.485. The lowest BCUT2D eigenvalue weighted by Gasteiger charge is -2.15. The number of nitrogens with zero attached hydrogens (tertiary/aromatic N) is 1. The summed E-state index contributed by atoms with van der Waals surface area (Å²) in [5, 5.41) is 0.692. The Bertz CT molecular complexity index is 299. The van der Waals surface area contributed by atoms with Crippen LogP contribution in [0.15, 0.2) is 18.3 Å². The van der Waals surface area contributed by atoms with Crippen LogP contribution in [0.2, 0.25) is 5.02 Å². The normalized spacial score (nSPS) is 18.6. The molecule has 0 radical (unpaired) electrons. The minimum absolute atomic E-state index is 0.119. The monoisotopic (exact) mass is 197 g/mol. The maximum Gasteiger partial charge on any atom is 0.0775 e. The summed E-state index contributed by atoms with van der Waals surface area (Å²) in [7, 11) is 0. The van der Waals surface area contributed by atoms with Crippen LogP contribution in [0.25, 0.3) is 0 Å². The van der Waals surface area contributed by atoms with Gasteiger partial charge in [-0.15, -0.1) is 0 Å². The smallest absolute Gasteiger partial charge is 0.0775 e. The van der Waals surface area contributed by atoms with E-state index in [0.29, 0.717) is 10.9 Å². The van der Waals surface area contributed by atoms with Gasteiger partial charge in [-0.05, 0) is 30.9 Å². The molecule has 0 amide bonds. The van der Waals surface area contributed by atoms with Crippen molar-refractivity contribution in [3.05, 3.63) is 29.0 Å². The molecule has 1 saturated carbocycles. The van der Waals surface area contributed by atoms with E-state index in [-0.39, 0.29) is 6.04 Å². The van der Waals surface area contributed by atoms with E-state index in [4.69, 9.17) is 17.4 Å². The van der Waals surface area contributed by atoms with Gasteiger partial charge < -0.3 is 0 Å². The Morgan fingerprint density at radius 2 is 2.38 bits per heavy atom. The van der Waals surface area contributed by atoms with E-state index in [1.807, 2.05) is 12.1 Å². The molecule has 3 nitrogen and oxygen atoms in total. The first kappa shape index (κ1) is 8.94. The van der Waals surface area contributed by atoms with Crippen molar-refractivity contribution in [3.63, 3.8) is 0 Å². The summed E-state index contributed by atoms with van der Waals surface area (Å²) >= 11 is 6.01. The van der Waals surface area contributed by atoms with Crippen molar-refractivity contribution in [1.82, 2.24) is 10.4 Å². The van der Waals surface area contributed by atoms with Crippen molar-refractivity contribution in [1.29, 1.82) is 0 Å². The minimum Gasteiger partial charge on any atom is -0.271 e. The van der Waals surface area contributed by atoms with Gasteiger partial charge in [0.05, 0.1) is 16.8 Å². The van der Waals surface area contributed by atoms with Crippen LogP contribution in [0.1, 0.15) is 24.6 Å². The Hall–Kier alpha value is -0.640. The van der Waals surface area contributed by atoms with Gasteiger partial charge in [0.25, 0.3) is 0 Å². The maximum atomic E-state index is 6.01. The predicted molar refractivity (Wildman–Crippen MR) is 52.0 cm³/mol. The highest BCUT2D eigenvalue weighted by atomic mass is 35.5. The Kier molecular flexibility index (Phi) is 2.49. The van der Waals surface area contributed by atoms with Crippen LogP contribution >= 0.6 is 11.6 Å². The third-order valence-electron chi connectivity index (χ3n) is 2.35. The largest absolute Gasteiger partial charge is 0.271 e. The first-order chi connectivity index (χ1) is 6.33. The average Bonchev–Trinajstić information content (AvgIpc) is 2.93. The zero-order valence-corrected chi connectivity index (χ0v) is 7.96. The molecule has 1 unspecified atom stereocenters. The van der Waals surface area contributed by atoms with Gasteiger partial charge in [-0.1, -0.05) is 11.6 Å². The molecule has 1 heterocycles. The number of hydrazine groups is 1. The van der Waals surface area contributed by atoms with Crippen LogP contribution in [0.4, 0.5) is 0 Å². The number of aromatic nitrogens is 1. The van der Waals surface area contributed by atoms with Crippen LogP contribution < -0.4 is 11.3 Å². The summed E-state index contributed by atoms with van der Waals surface area (Å²) in [5.74, 6) is 6.07. The number of pyridine rings is 1. The van der Waals surface area contributed by atoms with Gasteiger partial charge in [-0.3, -0.25) is 16.3 Å². The molecular formula is C9H12ClN3. The van der Waals surface area contributed by atoms with E-state index in [9.17, 15) is 0 Å². The zero-order valence-electron chi connectivity index (χ0n) is 7.20. The van der Waals surface area contributed by atoms with Crippen LogP contribution in [-0.2, 0) is 0 Å². The van der Waals surface area contributed by atoms with E-state index in [1.54, 1.807) is 6.20 Å². The molecule has 1 aromatic rings. The summed E-state index contributed by atoms with van der Waals surface area (Å²) in [6, 6.07) is 3.79. The molecule has 1 atom stereocenters. The maximum absolute atomic E-state index is 6.01. The number of hydrogen-bond donors (Lipinski definition) is 2. The Balaban J connectivity index is 2.26. The van der Waals surface area contributed by atoms with E-state index in [1.165, 1.54) is 12.8 Å². The summed E-state index contributed by atoms with van der Waals surface area (Å²) < 4.78 is 0. The lowest BCUT2D eigenvalue weighted by Crippen LogP contribution is -2.30. The Labute approximate surface area is 82.3 Å². The van der Waals surface area contributed by atoms with Crippen molar-refractivity contribution >= 4 is 11.6 Å². The van der Waals surface area contributed by atoms with Gasteiger partial charge in [0.2, 0.25) is 0 Å². The van der Waals surface area contributed by atoms with E-state index >= 15 is 0 Å². The molecule has 0 aromatic carbocycles. The number of nitrogens with two attached hydrogens (primary N) is 1. The van der Waals surface area contributed by atoms with Gasteiger partial charge in [-0.25, -0.2) is 0 Å². The number of hydrogen-bond acceptors (Lipinski definition) is 3. The molecule has 1 aliphatic rings. The standard InChI is InChI=1S/C9H12ClN3/c10-7-2-1-5-12-9(7)8(13-11)6-3-4-6/h1-2,5-6,8,13H,3-4,11H2. The molecule has 0 saturated heterocycles. The zero-order chi connectivity index (χ0) is 9.26. The van der Waals surface area contributed by atoms with E-state index in [0.717, 1.165) is 5.69 Å². The second-order valence-corrected chi connectivity index (χ2v) is 3.76. The predicted octanol–water partition coefficient (Wildman–Crippen LogP) is 1.65. The highest BCUT2D eigenvalue weighted by Gasteiger charge is 2.33. The third kappa shape index (κ3) is 1.82. The molecule has 0 aliphatic heterocycles. The topological polar surface area (TPSA) is 50.9 Å². The van der Waals surface area contributed by atoms with Gasteiger partial charge >= 0.3 is 0 Å². The fourth-order valence-electron chi connectivity index (χ4n) is 1.49. The summed E-state index contributed by atoms with van der Waals surface area (Å²) in [6.07, 6.45) is 4.16. The number of halogens is 1. The van der Waals surface area contributed by atoms with Crippen molar-refractivity contribution in [2.45, 2.75) is 18.9 Å². The molecule has 1 fully saturated rings. The van der Waals surface area contributed by atoms with Gasteiger partial charge in [0.15, 0.2) is 0 Å². The highest BCUT2D eigenvalue weighted by molar-refractivity contribution is 6.31. The number of nitrogens with one attached hydrogen (secondary N) is 1. The van der Waals surface area contributed by atoms with Crippen molar-refractivity contribution < 1.29 is 0 Å². The second kappa shape index (κ2) is 3.62. The van der Waals surface area contributed by atoms with Crippen LogP contribution in [0.3, 0.4) is 0 Å². The number of rotatable bonds is 3. The molecule has 13 heavy (non-hydrogen) atoms. The molecule has 3 N–H and O–H groups in total. The second-order valence-electron chi connectivity index (χ2n) is 3.35. The summed E-state index contributed by atoms with van der Waals surface area (Å²) in [6.45, 7) is 0. The molecule has 0 bridgehead atoms. The molecule has 70 valence electrons. The minimum atomic E-state index is 0.119. The fraction of sp³-hybridized carbons (Fsp3) is 0.444. The molecule has 1 aliphatic carbocycles. The van der Waals surface area contributed by atoms with Gasteiger partial charge in [0.1, 0.15) is 0 Å². The van der Waals surface area contributed by atoms with Gasteiger partial charge in [-0.2, -0.15) is 0 Å². The molecule has 4 heteroatoms. The SMILES string of the molecule is NNC(c1ncccc1Cl)C1CC1. The van der Waals surface area contributed by atoms with Crippen LogP contribution in [0.5, 0.6) is 0 Å². The molecule has 2 rings (SSSR count). The van der Waals surface area contributed by atoms with Crippen molar-refractivity contribution in [2.24, 2.45) is 11.8 Å². The molecule has 0 spiro atoms. The summed E-state index contributed by atoms with van der Waals surface area (Å²) in [5.41, 5.74) is 3.64. The van der Waals surface area contributed by atoms with Crippen LogP contribution in [-0.4, -0.2) is 4.98 Å². The van der Waals surface area contributed by atoms with Gasteiger partial charge in [0, 0.05) is 6.20 Å². The quantitative estimate of drug-likeness (QED) is 0.572. The fourth-order valence-corrected chi connectivity index (χ4v) is 1.73. The molecule has 1 aromatic heterocycles. The average molecular weight is 198 g/mol. The van der Waals surface area contributed by atoms with E-state index < -0.39 is 0 Å². The van der Waals surface area contributed by atoms with Crippen LogP contribution in [0, 0.1) is 5.92 Å². The van der Waals surface area contributed by atoms with Crippen molar-refractivity contribution in [2.75, 3.05) is 0 Å². The molecular weight excluding hydrogens is 186 g/mol. The first-order valence-electron chi connectivity index (χ1n) is 4.39. The Morgan fingerprint density at radius 3 is 2.92 bits per heavy atom. The Morgan fingerprint density at radius 1 is 1.62 bits per heavy atom.